The molecule has 94 valence electrons. The van der Waals surface area contributed by atoms with E-state index in [1.807, 2.05) is 6.92 Å². The lowest BCUT2D eigenvalue weighted by Crippen LogP contribution is -2.26. The van der Waals surface area contributed by atoms with Crippen LogP contribution in [0.25, 0.3) is 0 Å². The minimum atomic E-state index is -1.06. The molecule has 0 amide bonds. The molecule has 5 heteroatoms. The van der Waals surface area contributed by atoms with Crippen molar-refractivity contribution in [1.82, 2.24) is 5.32 Å². The number of aromatic carboxylic acids is 1. The van der Waals surface area contributed by atoms with Gasteiger partial charge < -0.3 is 15.2 Å². The Morgan fingerprint density at radius 1 is 1.59 bits per heavy atom. The van der Waals surface area contributed by atoms with Gasteiger partial charge in [-0.25, -0.2) is 9.18 Å². The molecule has 0 aliphatic carbocycles. The van der Waals surface area contributed by atoms with E-state index in [1.54, 1.807) is 7.11 Å². The van der Waals surface area contributed by atoms with Crippen LogP contribution >= 0.6 is 0 Å². The van der Waals surface area contributed by atoms with Crippen molar-refractivity contribution >= 4 is 5.97 Å². The molecule has 0 aliphatic rings. The van der Waals surface area contributed by atoms with Gasteiger partial charge in [-0.3, -0.25) is 0 Å². The van der Waals surface area contributed by atoms with Crippen LogP contribution in [0.4, 0.5) is 4.39 Å². The van der Waals surface area contributed by atoms with Gasteiger partial charge in [0.15, 0.2) is 0 Å². The SMILES string of the molecule is COC(C)CNCc1cc(C(=O)O)ccc1F. The number of rotatable bonds is 6. The maximum absolute atomic E-state index is 13.4. The third-order valence-electron chi connectivity index (χ3n) is 2.44. The van der Waals surface area contributed by atoms with Gasteiger partial charge in [0.1, 0.15) is 5.82 Å². The van der Waals surface area contributed by atoms with E-state index in [0.717, 1.165) is 0 Å². The van der Waals surface area contributed by atoms with Gasteiger partial charge in [-0.2, -0.15) is 0 Å². The first-order valence-corrected chi connectivity index (χ1v) is 5.29. The van der Waals surface area contributed by atoms with Crippen molar-refractivity contribution in [2.75, 3.05) is 13.7 Å². The Kier molecular flexibility index (Phi) is 5.06. The Balaban J connectivity index is 2.63. The lowest BCUT2D eigenvalue weighted by Gasteiger charge is -2.11. The van der Waals surface area contributed by atoms with Crippen molar-refractivity contribution in [2.45, 2.75) is 19.6 Å². The molecule has 0 saturated heterocycles. The molecule has 0 aromatic heterocycles. The number of carboxylic acids is 1. The maximum atomic E-state index is 13.4. The van der Waals surface area contributed by atoms with E-state index in [9.17, 15) is 9.18 Å². The average Bonchev–Trinajstić information content (AvgIpc) is 2.30. The number of carbonyl (C=O) groups is 1. The van der Waals surface area contributed by atoms with Crippen molar-refractivity contribution in [2.24, 2.45) is 0 Å². The predicted molar refractivity (Wildman–Crippen MR) is 61.5 cm³/mol. The highest BCUT2D eigenvalue weighted by Gasteiger charge is 2.08. The Hall–Kier alpha value is -1.46. The number of hydrogen-bond donors (Lipinski definition) is 2. The standard InChI is InChI=1S/C12H16FNO3/c1-8(17-2)6-14-7-10-5-9(12(15)16)3-4-11(10)13/h3-5,8,14H,6-7H2,1-2H3,(H,15,16). The number of ether oxygens (including phenoxy) is 1. The molecule has 0 saturated carbocycles. The molecule has 1 aromatic rings. The van der Waals surface area contributed by atoms with Crippen molar-refractivity contribution < 1.29 is 19.0 Å². The molecule has 0 fully saturated rings. The Morgan fingerprint density at radius 2 is 2.29 bits per heavy atom. The molecule has 17 heavy (non-hydrogen) atoms. The number of carboxylic acid groups (broad SMARTS) is 1. The third kappa shape index (κ3) is 4.13. The van der Waals surface area contributed by atoms with E-state index < -0.39 is 11.8 Å². The van der Waals surface area contributed by atoms with Crippen LogP contribution in [-0.4, -0.2) is 30.8 Å². The minimum Gasteiger partial charge on any atom is -0.478 e. The van der Waals surface area contributed by atoms with Gasteiger partial charge in [-0.05, 0) is 25.1 Å². The summed E-state index contributed by atoms with van der Waals surface area (Å²) in [5, 5.41) is 11.8. The van der Waals surface area contributed by atoms with Crippen LogP contribution in [0.5, 0.6) is 0 Å². The summed E-state index contributed by atoms with van der Waals surface area (Å²) in [6.07, 6.45) is 0.0284. The summed E-state index contributed by atoms with van der Waals surface area (Å²) < 4.78 is 18.4. The van der Waals surface area contributed by atoms with Gasteiger partial charge in [-0.15, -0.1) is 0 Å². The summed E-state index contributed by atoms with van der Waals surface area (Å²) in [6.45, 7) is 2.74. The highest BCUT2D eigenvalue weighted by molar-refractivity contribution is 5.87. The van der Waals surface area contributed by atoms with Gasteiger partial charge in [-0.1, -0.05) is 0 Å². The second-order valence-corrected chi connectivity index (χ2v) is 3.79. The zero-order valence-corrected chi connectivity index (χ0v) is 9.87. The van der Waals surface area contributed by atoms with Gasteiger partial charge in [0.2, 0.25) is 0 Å². The lowest BCUT2D eigenvalue weighted by molar-refractivity contribution is 0.0696. The number of hydrogen-bond acceptors (Lipinski definition) is 3. The van der Waals surface area contributed by atoms with Crippen LogP contribution in [0.15, 0.2) is 18.2 Å². The van der Waals surface area contributed by atoms with Crippen LogP contribution in [0, 0.1) is 5.82 Å². The fraction of sp³-hybridized carbons (Fsp3) is 0.417. The molecule has 1 atom stereocenters. The molecule has 1 rings (SSSR count). The fourth-order valence-electron chi connectivity index (χ4n) is 1.34. The van der Waals surface area contributed by atoms with Gasteiger partial charge in [0, 0.05) is 25.8 Å². The molecule has 0 heterocycles. The van der Waals surface area contributed by atoms with Gasteiger partial charge in [0.25, 0.3) is 0 Å². The summed E-state index contributed by atoms with van der Waals surface area (Å²) in [5.74, 6) is -1.47. The minimum absolute atomic E-state index is 0.0284. The van der Waals surface area contributed by atoms with E-state index >= 15 is 0 Å². The first-order valence-electron chi connectivity index (χ1n) is 5.29. The van der Waals surface area contributed by atoms with E-state index in [1.165, 1.54) is 18.2 Å². The van der Waals surface area contributed by atoms with Crippen LogP contribution < -0.4 is 5.32 Å². The average molecular weight is 241 g/mol. The summed E-state index contributed by atoms with van der Waals surface area (Å²) in [7, 11) is 1.60. The number of benzene rings is 1. The van der Waals surface area contributed by atoms with Crippen molar-refractivity contribution in [3.8, 4) is 0 Å². The predicted octanol–water partition coefficient (Wildman–Crippen LogP) is 1.65. The molecule has 0 aliphatic heterocycles. The van der Waals surface area contributed by atoms with E-state index in [2.05, 4.69) is 5.32 Å². The molecular weight excluding hydrogens is 225 g/mol. The summed E-state index contributed by atoms with van der Waals surface area (Å²) in [6, 6.07) is 3.75. The molecule has 0 radical (unpaired) electrons. The topological polar surface area (TPSA) is 58.6 Å². The number of nitrogens with one attached hydrogen (secondary N) is 1. The summed E-state index contributed by atoms with van der Waals surface area (Å²) in [5.41, 5.74) is 0.427. The number of methoxy groups -OCH3 is 1. The van der Waals surface area contributed by atoms with Crippen LogP contribution in [-0.2, 0) is 11.3 Å². The second-order valence-electron chi connectivity index (χ2n) is 3.79. The first-order chi connectivity index (χ1) is 8.04. The quantitative estimate of drug-likeness (QED) is 0.795. The van der Waals surface area contributed by atoms with Crippen molar-refractivity contribution in [3.05, 3.63) is 35.1 Å². The lowest BCUT2D eigenvalue weighted by atomic mass is 10.1. The maximum Gasteiger partial charge on any atom is 0.335 e. The van der Waals surface area contributed by atoms with Crippen molar-refractivity contribution in [3.63, 3.8) is 0 Å². The van der Waals surface area contributed by atoms with Crippen LogP contribution in [0.2, 0.25) is 0 Å². The van der Waals surface area contributed by atoms with E-state index in [0.29, 0.717) is 12.1 Å². The Labute approximate surface area is 99.4 Å². The molecular formula is C12H16FNO3. The Bertz CT molecular complexity index is 395. The molecule has 1 unspecified atom stereocenters. The highest BCUT2D eigenvalue weighted by Crippen LogP contribution is 2.10. The third-order valence-corrected chi connectivity index (χ3v) is 2.44. The molecule has 0 spiro atoms. The number of halogens is 1. The smallest absolute Gasteiger partial charge is 0.335 e. The first kappa shape index (κ1) is 13.6. The van der Waals surface area contributed by atoms with Crippen LogP contribution in [0.3, 0.4) is 0 Å². The normalized spacial score (nSPS) is 12.4. The van der Waals surface area contributed by atoms with Gasteiger partial charge in [0.05, 0.1) is 11.7 Å². The molecule has 1 aromatic carbocycles. The molecule has 0 bridgehead atoms. The largest absolute Gasteiger partial charge is 0.478 e. The molecule has 2 N–H and O–H groups in total. The summed E-state index contributed by atoms with van der Waals surface area (Å²) >= 11 is 0. The summed E-state index contributed by atoms with van der Waals surface area (Å²) in [4.78, 5) is 10.7. The zero-order valence-electron chi connectivity index (χ0n) is 9.87. The van der Waals surface area contributed by atoms with Crippen LogP contribution in [0.1, 0.15) is 22.8 Å². The second kappa shape index (κ2) is 6.32. The fourth-order valence-corrected chi connectivity index (χ4v) is 1.34. The van der Waals surface area contributed by atoms with E-state index in [-0.39, 0.29) is 18.2 Å². The zero-order chi connectivity index (χ0) is 12.8. The van der Waals surface area contributed by atoms with E-state index in [4.69, 9.17) is 9.84 Å². The highest BCUT2D eigenvalue weighted by atomic mass is 19.1. The Morgan fingerprint density at radius 3 is 2.88 bits per heavy atom. The van der Waals surface area contributed by atoms with Gasteiger partial charge >= 0.3 is 5.97 Å². The van der Waals surface area contributed by atoms with Crippen molar-refractivity contribution in [1.29, 1.82) is 0 Å². The monoisotopic (exact) mass is 241 g/mol. The molecule has 4 nitrogen and oxygen atoms in total.